The molecule has 19 heavy (non-hydrogen) atoms. The van der Waals surface area contributed by atoms with Crippen molar-refractivity contribution in [2.45, 2.75) is 26.8 Å². The lowest BCUT2D eigenvalue weighted by Gasteiger charge is -2.09. The van der Waals surface area contributed by atoms with E-state index >= 15 is 0 Å². The molecule has 2 nitrogen and oxygen atoms in total. The Morgan fingerprint density at radius 2 is 1.89 bits per heavy atom. The van der Waals surface area contributed by atoms with Gasteiger partial charge in [0.2, 0.25) is 0 Å². The molecule has 0 aliphatic rings. The van der Waals surface area contributed by atoms with E-state index in [1.807, 2.05) is 13.8 Å². The number of halogens is 2. The van der Waals surface area contributed by atoms with E-state index in [9.17, 15) is 8.78 Å². The van der Waals surface area contributed by atoms with E-state index in [-0.39, 0.29) is 6.04 Å². The molecule has 5 heteroatoms. The highest BCUT2D eigenvalue weighted by atomic mass is 32.1. The van der Waals surface area contributed by atoms with Gasteiger partial charge in [-0.15, -0.1) is 11.3 Å². The smallest absolute Gasteiger partial charge is 0.126 e. The summed E-state index contributed by atoms with van der Waals surface area (Å²) in [6.45, 7) is 6.87. The molecular formula is C14H16F2N2S. The molecule has 2 aromatic rings. The largest absolute Gasteiger partial charge is 0.310 e. The van der Waals surface area contributed by atoms with Gasteiger partial charge in [-0.2, -0.15) is 0 Å². The number of aromatic nitrogens is 1. The SMILES string of the molecule is CCNC(C)c1sc(-c2cc(F)cc(F)c2)nc1C. The van der Waals surface area contributed by atoms with E-state index in [4.69, 9.17) is 0 Å². The molecule has 0 bridgehead atoms. The highest BCUT2D eigenvalue weighted by molar-refractivity contribution is 7.15. The summed E-state index contributed by atoms with van der Waals surface area (Å²) >= 11 is 1.47. The normalized spacial score (nSPS) is 12.7. The van der Waals surface area contributed by atoms with Crippen molar-refractivity contribution in [1.82, 2.24) is 10.3 Å². The molecule has 0 aliphatic carbocycles. The number of thiazole rings is 1. The summed E-state index contributed by atoms with van der Waals surface area (Å²) in [7, 11) is 0. The van der Waals surface area contributed by atoms with Gasteiger partial charge in [-0.1, -0.05) is 6.92 Å². The fourth-order valence-electron chi connectivity index (χ4n) is 2.01. The first kappa shape index (κ1) is 14.1. The molecular weight excluding hydrogens is 266 g/mol. The summed E-state index contributed by atoms with van der Waals surface area (Å²) in [5.74, 6) is -1.16. The quantitative estimate of drug-likeness (QED) is 0.914. The highest BCUT2D eigenvalue weighted by Gasteiger charge is 2.15. The van der Waals surface area contributed by atoms with Gasteiger partial charge in [0.05, 0.1) is 5.69 Å². The maximum Gasteiger partial charge on any atom is 0.126 e. The van der Waals surface area contributed by atoms with Crippen molar-refractivity contribution >= 4 is 11.3 Å². The summed E-state index contributed by atoms with van der Waals surface area (Å²) in [5.41, 5.74) is 1.39. The number of hydrogen-bond acceptors (Lipinski definition) is 3. The molecule has 1 heterocycles. The lowest BCUT2D eigenvalue weighted by atomic mass is 10.2. The minimum atomic E-state index is -0.580. The molecule has 0 spiro atoms. The van der Waals surface area contributed by atoms with Crippen molar-refractivity contribution in [3.05, 3.63) is 40.4 Å². The zero-order valence-electron chi connectivity index (χ0n) is 11.1. The highest BCUT2D eigenvalue weighted by Crippen LogP contribution is 2.32. The van der Waals surface area contributed by atoms with Gasteiger partial charge in [0.25, 0.3) is 0 Å². The number of nitrogens with one attached hydrogen (secondary N) is 1. The Morgan fingerprint density at radius 1 is 1.26 bits per heavy atom. The zero-order valence-corrected chi connectivity index (χ0v) is 11.9. The number of rotatable bonds is 4. The average molecular weight is 282 g/mol. The third kappa shape index (κ3) is 3.16. The minimum Gasteiger partial charge on any atom is -0.310 e. The maximum absolute atomic E-state index is 13.2. The van der Waals surface area contributed by atoms with Gasteiger partial charge in [-0.05, 0) is 32.5 Å². The third-order valence-corrected chi connectivity index (χ3v) is 4.23. The van der Waals surface area contributed by atoms with Crippen molar-refractivity contribution in [2.75, 3.05) is 6.54 Å². The average Bonchev–Trinajstić information content (AvgIpc) is 2.70. The van der Waals surface area contributed by atoms with E-state index in [1.165, 1.54) is 23.5 Å². The van der Waals surface area contributed by atoms with Crippen LogP contribution < -0.4 is 5.32 Å². The lowest BCUT2D eigenvalue weighted by molar-refractivity contribution is 0.584. The minimum absolute atomic E-state index is 0.189. The van der Waals surface area contributed by atoms with E-state index in [0.29, 0.717) is 10.6 Å². The van der Waals surface area contributed by atoms with Crippen LogP contribution in [-0.4, -0.2) is 11.5 Å². The molecule has 0 saturated carbocycles. The second-order valence-electron chi connectivity index (χ2n) is 4.41. The Kier molecular flexibility index (Phi) is 4.27. The van der Waals surface area contributed by atoms with Gasteiger partial charge in [-0.3, -0.25) is 0 Å². The standard InChI is InChI=1S/C14H16F2N2S/c1-4-17-8(2)13-9(3)18-14(19-13)10-5-11(15)7-12(16)6-10/h5-8,17H,4H2,1-3H3. The van der Waals surface area contributed by atoms with Crippen LogP contribution in [0.5, 0.6) is 0 Å². The van der Waals surface area contributed by atoms with Crippen LogP contribution in [-0.2, 0) is 0 Å². The van der Waals surface area contributed by atoms with Gasteiger partial charge >= 0.3 is 0 Å². The molecule has 0 saturated heterocycles. The number of benzene rings is 1. The molecule has 0 aliphatic heterocycles. The van der Waals surface area contributed by atoms with Gasteiger partial charge in [0.15, 0.2) is 0 Å². The van der Waals surface area contributed by atoms with Gasteiger partial charge in [-0.25, -0.2) is 13.8 Å². The molecule has 1 aromatic carbocycles. The molecule has 1 atom stereocenters. The predicted octanol–water partition coefficient (Wildman–Crippen LogP) is 4.07. The van der Waals surface area contributed by atoms with E-state index in [0.717, 1.165) is 23.2 Å². The Balaban J connectivity index is 2.38. The fourth-order valence-corrected chi connectivity index (χ4v) is 3.09. The predicted molar refractivity (Wildman–Crippen MR) is 74.3 cm³/mol. The Bertz CT molecular complexity index is 561. The van der Waals surface area contributed by atoms with Crippen molar-refractivity contribution < 1.29 is 8.78 Å². The zero-order chi connectivity index (χ0) is 14.0. The lowest BCUT2D eigenvalue weighted by Crippen LogP contribution is -2.17. The van der Waals surface area contributed by atoms with Crippen LogP contribution in [0.1, 0.15) is 30.5 Å². The molecule has 0 fully saturated rings. The second kappa shape index (κ2) is 5.75. The van der Waals surface area contributed by atoms with E-state index in [2.05, 4.69) is 17.2 Å². The summed E-state index contributed by atoms with van der Waals surface area (Å²) in [4.78, 5) is 5.51. The Hall–Kier alpha value is -1.33. The molecule has 0 amide bonds. The third-order valence-electron chi connectivity index (χ3n) is 2.85. The topological polar surface area (TPSA) is 24.9 Å². The fraction of sp³-hybridized carbons (Fsp3) is 0.357. The maximum atomic E-state index is 13.2. The monoisotopic (exact) mass is 282 g/mol. The summed E-state index contributed by atoms with van der Waals surface area (Å²) in [5, 5.41) is 3.96. The van der Waals surface area contributed by atoms with Crippen molar-refractivity contribution in [3.8, 4) is 10.6 Å². The molecule has 2 rings (SSSR count). The summed E-state index contributed by atoms with van der Waals surface area (Å²) in [6, 6.07) is 3.67. The van der Waals surface area contributed by atoms with Crippen LogP contribution in [0.15, 0.2) is 18.2 Å². The molecule has 102 valence electrons. The molecule has 1 N–H and O–H groups in total. The van der Waals surface area contributed by atoms with Crippen molar-refractivity contribution in [3.63, 3.8) is 0 Å². The number of aryl methyl sites for hydroxylation is 1. The number of hydrogen-bond donors (Lipinski definition) is 1. The number of nitrogens with zero attached hydrogens (tertiary/aromatic N) is 1. The van der Waals surface area contributed by atoms with Crippen LogP contribution in [0.2, 0.25) is 0 Å². The van der Waals surface area contributed by atoms with Gasteiger partial charge < -0.3 is 5.32 Å². The van der Waals surface area contributed by atoms with Gasteiger partial charge in [0.1, 0.15) is 16.6 Å². The molecule has 0 radical (unpaired) electrons. The summed E-state index contributed by atoms with van der Waals surface area (Å²) < 4.78 is 26.4. The summed E-state index contributed by atoms with van der Waals surface area (Å²) in [6.07, 6.45) is 0. The first-order valence-electron chi connectivity index (χ1n) is 6.18. The van der Waals surface area contributed by atoms with Crippen LogP contribution in [0.3, 0.4) is 0 Å². The molecule has 1 aromatic heterocycles. The van der Waals surface area contributed by atoms with Gasteiger partial charge in [0, 0.05) is 22.5 Å². The first-order valence-corrected chi connectivity index (χ1v) is 7.00. The molecule has 1 unspecified atom stereocenters. The Labute approximate surface area is 115 Å². The van der Waals surface area contributed by atoms with E-state index in [1.54, 1.807) is 0 Å². The van der Waals surface area contributed by atoms with Crippen LogP contribution in [0.25, 0.3) is 10.6 Å². The second-order valence-corrected chi connectivity index (χ2v) is 5.44. The van der Waals surface area contributed by atoms with Crippen LogP contribution in [0.4, 0.5) is 8.78 Å². The van der Waals surface area contributed by atoms with E-state index < -0.39 is 11.6 Å². The van der Waals surface area contributed by atoms with Crippen molar-refractivity contribution in [1.29, 1.82) is 0 Å². The first-order chi connectivity index (χ1) is 9.01. The van der Waals surface area contributed by atoms with Crippen LogP contribution in [0, 0.1) is 18.6 Å². The Morgan fingerprint density at radius 3 is 2.47 bits per heavy atom. The van der Waals surface area contributed by atoms with Crippen LogP contribution >= 0.6 is 11.3 Å². The van der Waals surface area contributed by atoms with Crippen molar-refractivity contribution in [2.24, 2.45) is 0 Å².